The van der Waals surface area contributed by atoms with Crippen molar-refractivity contribution in [2.75, 3.05) is 6.54 Å². The van der Waals surface area contributed by atoms with Gasteiger partial charge in [0, 0.05) is 11.2 Å². The van der Waals surface area contributed by atoms with Crippen molar-refractivity contribution >= 4 is 11.6 Å². The topological polar surface area (TPSA) is 56.7 Å². The standard InChI is InChI=1S/C12H14ClFN4/c13-12-4-3-10(14)6-9(12)7-18-8-11(16-17-18)2-1-5-15/h3-4,6,8H,1-2,5,7,15H2. The Kier molecular flexibility index (Phi) is 4.28. The van der Waals surface area contributed by atoms with Crippen LogP contribution in [0.25, 0.3) is 0 Å². The largest absolute Gasteiger partial charge is 0.330 e. The van der Waals surface area contributed by atoms with Gasteiger partial charge < -0.3 is 5.73 Å². The van der Waals surface area contributed by atoms with Gasteiger partial charge in [-0.3, -0.25) is 0 Å². The highest BCUT2D eigenvalue weighted by molar-refractivity contribution is 6.31. The van der Waals surface area contributed by atoms with E-state index in [0.29, 0.717) is 23.7 Å². The number of nitrogens with zero attached hydrogens (tertiary/aromatic N) is 3. The van der Waals surface area contributed by atoms with E-state index in [9.17, 15) is 4.39 Å². The van der Waals surface area contributed by atoms with Crippen LogP contribution in [0.5, 0.6) is 0 Å². The van der Waals surface area contributed by atoms with Crippen molar-refractivity contribution in [1.29, 1.82) is 0 Å². The molecule has 2 rings (SSSR count). The monoisotopic (exact) mass is 268 g/mol. The summed E-state index contributed by atoms with van der Waals surface area (Å²) in [6, 6.07) is 4.28. The number of hydrogen-bond donors (Lipinski definition) is 1. The summed E-state index contributed by atoms with van der Waals surface area (Å²) in [5.41, 5.74) is 7.00. The fraction of sp³-hybridized carbons (Fsp3) is 0.333. The van der Waals surface area contributed by atoms with Crippen LogP contribution in [0, 0.1) is 5.82 Å². The number of aromatic nitrogens is 3. The Morgan fingerprint density at radius 3 is 3.00 bits per heavy atom. The smallest absolute Gasteiger partial charge is 0.123 e. The molecule has 0 spiro atoms. The lowest BCUT2D eigenvalue weighted by Crippen LogP contribution is -2.02. The maximum Gasteiger partial charge on any atom is 0.123 e. The minimum absolute atomic E-state index is 0.308. The molecule has 0 aliphatic rings. The lowest BCUT2D eigenvalue weighted by molar-refractivity contribution is 0.614. The Labute approximate surface area is 110 Å². The first-order chi connectivity index (χ1) is 8.69. The molecule has 2 aromatic rings. The Morgan fingerprint density at radius 1 is 1.39 bits per heavy atom. The number of aryl methyl sites for hydroxylation is 1. The highest BCUT2D eigenvalue weighted by atomic mass is 35.5. The molecule has 0 saturated heterocycles. The molecule has 6 heteroatoms. The van der Waals surface area contributed by atoms with Crippen LogP contribution in [0.2, 0.25) is 5.02 Å². The van der Waals surface area contributed by atoms with Crippen LogP contribution in [0.1, 0.15) is 17.7 Å². The van der Waals surface area contributed by atoms with Gasteiger partial charge in [0.15, 0.2) is 0 Å². The fourth-order valence-corrected chi connectivity index (χ4v) is 1.83. The molecule has 4 nitrogen and oxygen atoms in total. The fourth-order valence-electron chi connectivity index (χ4n) is 1.65. The highest BCUT2D eigenvalue weighted by Gasteiger charge is 2.05. The van der Waals surface area contributed by atoms with Crippen molar-refractivity contribution < 1.29 is 4.39 Å². The van der Waals surface area contributed by atoms with Gasteiger partial charge in [0.1, 0.15) is 5.82 Å². The Bertz CT molecular complexity index is 527. The van der Waals surface area contributed by atoms with E-state index in [1.165, 1.54) is 12.1 Å². The molecule has 1 heterocycles. The van der Waals surface area contributed by atoms with Crippen molar-refractivity contribution in [2.45, 2.75) is 19.4 Å². The van der Waals surface area contributed by atoms with E-state index in [1.54, 1.807) is 10.7 Å². The van der Waals surface area contributed by atoms with E-state index >= 15 is 0 Å². The molecule has 0 aliphatic carbocycles. The molecule has 2 N–H and O–H groups in total. The quantitative estimate of drug-likeness (QED) is 0.902. The summed E-state index contributed by atoms with van der Waals surface area (Å²) in [6.45, 7) is 1.04. The zero-order valence-electron chi connectivity index (χ0n) is 9.81. The molecule has 1 aromatic heterocycles. The number of hydrogen-bond acceptors (Lipinski definition) is 3. The summed E-state index contributed by atoms with van der Waals surface area (Å²) in [6.07, 6.45) is 3.50. The van der Waals surface area contributed by atoms with Crippen molar-refractivity contribution in [2.24, 2.45) is 5.73 Å². The lowest BCUT2D eigenvalue weighted by Gasteiger charge is -2.03. The average Bonchev–Trinajstić information content (AvgIpc) is 2.79. The third-order valence-corrected chi connectivity index (χ3v) is 2.93. The molecule has 96 valence electrons. The van der Waals surface area contributed by atoms with Gasteiger partial charge in [-0.2, -0.15) is 0 Å². The predicted octanol–water partition coefficient (Wildman–Crippen LogP) is 2.01. The van der Waals surface area contributed by atoms with Crippen LogP contribution in [-0.4, -0.2) is 21.5 Å². The normalized spacial score (nSPS) is 10.8. The van der Waals surface area contributed by atoms with Gasteiger partial charge in [-0.1, -0.05) is 16.8 Å². The summed E-state index contributed by atoms with van der Waals surface area (Å²) < 4.78 is 14.7. The van der Waals surface area contributed by atoms with Gasteiger partial charge in [-0.15, -0.1) is 5.10 Å². The number of nitrogens with two attached hydrogens (primary N) is 1. The first kappa shape index (κ1) is 13.0. The molecular formula is C12H14ClFN4. The molecule has 0 aliphatic heterocycles. The summed E-state index contributed by atoms with van der Waals surface area (Å²) in [7, 11) is 0. The summed E-state index contributed by atoms with van der Waals surface area (Å²) in [5, 5.41) is 8.53. The SMILES string of the molecule is NCCCc1cn(Cc2cc(F)ccc2Cl)nn1. The molecule has 0 fully saturated rings. The van der Waals surface area contributed by atoms with E-state index in [-0.39, 0.29) is 5.82 Å². The third-order valence-electron chi connectivity index (χ3n) is 2.56. The summed E-state index contributed by atoms with van der Waals surface area (Å²) in [5.74, 6) is -0.308. The van der Waals surface area contributed by atoms with Crippen LogP contribution in [-0.2, 0) is 13.0 Å². The van der Waals surface area contributed by atoms with E-state index in [2.05, 4.69) is 10.3 Å². The van der Waals surface area contributed by atoms with Gasteiger partial charge in [0.2, 0.25) is 0 Å². The summed E-state index contributed by atoms with van der Waals surface area (Å²) >= 11 is 5.99. The second-order valence-corrected chi connectivity index (χ2v) is 4.44. The van der Waals surface area contributed by atoms with Crippen LogP contribution >= 0.6 is 11.6 Å². The van der Waals surface area contributed by atoms with Crippen LogP contribution in [0.15, 0.2) is 24.4 Å². The van der Waals surface area contributed by atoms with Crippen LogP contribution < -0.4 is 5.73 Å². The Balaban J connectivity index is 2.08. The van der Waals surface area contributed by atoms with Crippen LogP contribution in [0.4, 0.5) is 4.39 Å². The van der Waals surface area contributed by atoms with E-state index in [0.717, 1.165) is 18.5 Å². The minimum atomic E-state index is -0.308. The van der Waals surface area contributed by atoms with Gasteiger partial charge in [-0.05, 0) is 43.1 Å². The summed E-state index contributed by atoms with van der Waals surface area (Å²) in [4.78, 5) is 0. The molecular weight excluding hydrogens is 255 g/mol. The number of halogens is 2. The number of rotatable bonds is 5. The molecule has 0 radical (unpaired) electrons. The van der Waals surface area contributed by atoms with Gasteiger partial charge >= 0.3 is 0 Å². The first-order valence-electron chi connectivity index (χ1n) is 5.72. The second-order valence-electron chi connectivity index (χ2n) is 4.04. The molecule has 0 atom stereocenters. The molecule has 0 amide bonds. The Morgan fingerprint density at radius 2 is 2.22 bits per heavy atom. The van der Waals surface area contributed by atoms with Crippen molar-refractivity contribution in [3.63, 3.8) is 0 Å². The van der Waals surface area contributed by atoms with E-state index < -0.39 is 0 Å². The van der Waals surface area contributed by atoms with Gasteiger partial charge in [0.25, 0.3) is 0 Å². The molecule has 0 bridgehead atoms. The molecule has 18 heavy (non-hydrogen) atoms. The van der Waals surface area contributed by atoms with Gasteiger partial charge in [0.05, 0.1) is 12.2 Å². The van der Waals surface area contributed by atoms with E-state index in [1.807, 2.05) is 6.20 Å². The second kappa shape index (κ2) is 5.93. The van der Waals surface area contributed by atoms with E-state index in [4.69, 9.17) is 17.3 Å². The third kappa shape index (κ3) is 3.27. The lowest BCUT2D eigenvalue weighted by atomic mass is 10.2. The van der Waals surface area contributed by atoms with Crippen LogP contribution in [0.3, 0.4) is 0 Å². The maximum atomic E-state index is 13.1. The van der Waals surface area contributed by atoms with Crippen molar-refractivity contribution in [1.82, 2.24) is 15.0 Å². The minimum Gasteiger partial charge on any atom is -0.330 e. The number of benzene rings is 1. The Hall–Kier alpha value is -1.46. The zero-order chi connectivity index (χ0) is 13.0. The zero-order valence-corrected chi connectivity index (χ0v) is 10.6. The van der Waals surface area contributed by atoms with Gasteiger partial charge in [-0.25, -0.2) is 9.07 Å². The average molecular weight is 269 g/mol. The highest BCUT2D eigenvalue weighted by Crippen LogP contribution is 2.17. The predicted molar refractivity (Wildman–Crippen MR) is 67.9 cm³/mol. The van der Waals surface area contributed by atoms with Crippen molar-refractivity contribution in [3.05, 3.63) is 46.5 Å². The molecule has 0 saturated carbocycles. The van der Waals surface area contributed by atoms with Crippen molar-refractivity contribution in [3.8, 4) is 0 Å². The molecule has 1 aromatic carbocycles. The molecule has 0 unspecified atom stereocenters. The maximum absolute atomic E-state index is 13.1. The first-order valence-corrected chi connectivity index (χ1v) is 6.10.